The standard InChI is InChI=1S/C18H22N6O4S2/c1-4-5-8-28-12-6-7-13(20-9-12)15(25)21-14-10-29-16(22-14)18(2)11-30(26,27)24(3)17(19)23-18/h6-7,9-10,26-27H,8,11H2,1-3H3,(H2,19,23)(H,21,25)/t18-/m0/s1. The van der Waals surface area contributed by atoms with Crippen molar-refractivity contribution >= 4 is 39.8 Å². The van der Waals surface area contributed by atoms with Gasteiger partial charge in [0.25, 0.3) is 5.91 Å². The van der Waals surface area contributed by atoms with E-state index in [2.05, 4.69) is 32.1 Å². The molecule has 0 unspecified atom stereocenters. The van der Waals surface area contributed by atoms with Crippen LogP contribution in [0.2, 0.25) is 0 Å². The molecule has 5 N–H and O–H groups in total. The molecular weight excluding hydrogens is 428 g/mol. The fourth-order valence-corrected chi connectivity index (χ4v) is 5.08. The molecule has 3 heterocycles. The Labute approximate surface area is 179 Å². The number of rotatable bonds is 5. The Bertz CT molecular complexity index is 1030. The van der Waals surface area contributed by atoms with E-state index in [4.69, 9.17) is 10.5 Å². The molecule has 0 radical (unpaired) electrons. The lowest BCUT2D eigenvalue weighted by Gasteiger charge is -2.48. The SMILES string of the molecule is CC#CCOc1ccc(C(=O)Nc2csc([C@]3(C)CS(O)(O)N(C)C(N)=N3)n2)nc1. The average molecular weight is 451 g/mol. The van der Waals surface area contributed by atoms with Gasteiger partial charge in [0.15, 0.2) is 0 Å². The van der Waals surface area contributed by atoms with Crippen LogP contribution in [0, 0.1) is 11.8 Å². The first-order valence-corrected chi connectivity index (χ1v) is 11.3. The normalized spacial score (nSPS) is 21.1. The number of carbonyl (C=O) groups excluding carboxylic acids is 1. The zero-order valence-corrected chi connectivity index (χ0v) is 18.3. The molecule has 12 heteroatoms. The summed E-state index contributed by atoms with van der Waals surface area (Å²) in [6.45, 7) is 3.69. The van der Waals surface area contributed by atoms with Gasteiger partial charge in [-0.25, -0.2) is 19.3 Å². The third-order valence-corrected chi connectivity index (χ3v) is 7.37. The predicted octanol–water partition coefficient (Wildman–Crippen LogP) is 2.33. The summed E-state index contributed by atoms with van der Waals surface area (Å²) >= 11 is 1.24. The maximum absolute atomic E-state index is 12.4. The van der Waals surface area contributed by atoms with E-state index >= 15 is 0 Å². The van der Waals surface area contributed by atoms with Gasteiger partial charge in [0.1, 0.15) is 34.4 Å². The highest BCUT2D eigenvalue weighted by Crippen LogP contribution is 2.51. The number of guanidine groups is 1. The second kappa shape index (κ2) is 8.49. The average Bonchev–Trinajstić information content (AvgIpc) is 3.16. The number of hydrogen-bond acceptors (Lipinski definition) is 10. The molecule has 1 atom stereocenters. The molecule has 0 spiro atoms. The fraction of sp³-hybridized carbons (Fsp3) is 0.333. The van der Waals surface area contributed by atoms with E-state index in [0.717, 1.165) is 0 Å². The maximum Gasteiger partial charge on any atom is 0.275 e. The second-order valence-electron chi connectivity index (χ2n) is 6.60. The Morgan fingerprint density at radius 3 is 2.90 bits per heavy atom. The molecule has 160 valence electrons. The van der Waals surface area contributed by atoms with Crippen LogP contribution >= 0.6 is 22.1 Å². The van der Waals surface area contributed by atoms with Crippen LogP contribution in [0.5, 0.6) is 5.75 Å². The number of nitrogens with one attached hydrogen (secondary N) is 1. The quantitative estimate of drug-likeness (QED) is 0.508. The molecule has 2 aromatic heterocycles. The number of thiazole rings is 1. The third kappa shape index (κ3) is 4.65. The molecule has 0 bridgehead atoms. The topological polar surface area (TPSA) is 146 Å². The summed E-state index contributed by atoms with van der Waals surface area (Å²) in [5.41, 5.74) is 5.02. The molecule has 0 fully saturated rings. The van der Waals surface area contributed by atoms with Gasteiger partial charge in [-0.05, 0) is 26.0 Å². The zero-order valence-electron chi connectivity index (χ0n) is 16.6. The first kappa shape index (κ1) is 21.8. The molecule has 0 saturated heterocycles. The molecule has 1 aliphatic heterocycles. The molecule has 2 aromatic rings. The number of pyridine rings is 1. The van der Waals surface area contributed by atoms with Gasteiger partial charge in [-0.1, -0.05) is 5.92 Å². The monoisotopic (exact) mass is 450 g/mol. The number of hydrogen-bond donors (Lipinski definition) is 4. The highest BCUT2D eigenvalue weighted by atomic mass is 32.3. The summed E-state index contributed by atoms with van der Waals surface area (Å²) in [6.07, 6.45) is 1.45. The lowest BCUT2D eigenvalue weighted by Crippen LogP contribution is -2.47. The van der Waals surface area contributed by atoms with E-state index in [9.17, 15) is 13.9 Å². The van der Waals surface area contributed by atoms with Gasteiger partial charge >= 0.3 is 0 Å². The lowest BCUT2D eigenvalue weighted by molar-refractivity contribution is 0.102. The minimum atomic E-state index is -3.11. The molecule has 0 saturated carbocycles. The van der Waals surface area contributed by atoms with Crippen molar-refractivity contribution in [2.24, 2.45) is 10.7 Å². The van der Waals surface area contributed by atoms with Crippen molar-refractivity contribution in [1.82, 2.24) is 14.3 Å². The largest absolute Gasteiger partial charge is 0.479 e. The summed E-state index contributed by atoms with van der Waals surface area (Å²) in [5.74, 6) is 5.84. The number of nitrogens with zero attached hydrogens (tertiary/aromatic N) is 4. The van der Waals surface area contributed by atoms with E-state index in [-0.39, 0.29) is 24.0 Å². The Hall–Kier alpha value is -2.85. The van der Waals surface area contributed by atoms with Crippen LogP contribution in [0.1, 0.15) is 29.3 Å². The smallest absolute Gasteiger partial charge is 0.275 e. The zero-order chi connectivity index (χ0) is 21.9. The Balaban J connectivity index is 1.71. The van der Waals surface area contributed by atoms with Crippen LogP contribution in [0.15, 0.2) is 28.7 Å². The van der Waals surface area contributed by atoms with Crippen molar-refractivity contribution < 1.29 is 18.6 Å². The molecule has 1 aliphatic rings. The predicted molar refractivity (Wildman–Crippen MR) is 118 cm³/mol. The Morgan fingerprint density at radius 2 is 2.27 bits per heavy atom. The number of amides is 1. The van der Waals surface area contributed by atoms with Gasteiger partial charge in [0, 0.05) is 12.4 Å². The lowest BCUT2D eigenvalue weighted by atomic mass is 10.1. The first-order valence-electron chi connectivity index (χ1n) is 8.75. The van der Waals surface area contributed by atoms with Gasteiger partial charge in [-0.2, -0.15) is 0 Å². The third-order valence-electron chi connectivity index (χ3n) is 4.26. The van der Waals surface area contributed by atoms with Crippen molar-refractivity contribution in [2.75, 3.05) is 24.7 Å². The van der Waals surface area contributed by atoms with Crippen molar-refractivity contribution in [3.8, 4) is 17.6 Å². The molecular formula is C18H22N6O4S2. The minimum absolute atomic E-state index is 0.0148. The summed E-state index contributed by atoms with van der Waals surface area (Å²) in [5, 5.41) is 4.82. The van der Waals surface area contributed by atoms with Crippen LogP contribution in [-0.4, -0.2) is 54.7 Å². The van der Waals surface area contributed by atoms with Crippen LogP contribution < -0.4 is 15.8 Å². The summed E-state index contributed by atoms with van der Waals surface area (Å²) in [7, 11) is -1.64. The summed E-state index contributed by atoms with van der Waals surface area (Å²) in [4.78, 5) is 25.3. The van der Waals surface area contributed by atoms with Crippen molar-refractivity contribution in [2.45, 2.75) is 19.4 Å². The number of ether oxygens (including phenoxy) is 1. The van der Waals surface area contributed by atoms with Gasteiger partial charge in [0.2, 0.25) is 5.96 Å². The van der Waals surface area contributed by atoms with Crippen molar-refractivity contribution in [3.63, 3.8) is 0 Å². The van der Waals surface area contributed by atoms with E-state index in [1.165, 1.54) is 35.0 Å². The van der Waals surface area contributed by atoms with Crippen LogP contribution in [0.4, 0.5) is 5.82 Å². The number of carbonyl (C=O) groups is 1. The van der Waals surface area contributed by atoms with Crippen LogP contribution in [0.25, 0.3) is 0 Å². The number of nitrogens with two attached hydrogens (primary N) is 1. The number of aliphatic imine (C=N–C) groups is 1. The van der Waals surface area contributed by atoms with E-state index in [1.54, 1.807) is 25.3 Å². The molecule has 10 nitrogen and oxygen atoms in total. The maximum atomic E-state index is 12.4. The van der Waals surface area contributed by atoms with Crippen molar-refractivity contribution in [3.05, 3.63) is 34.4 Å². The van der Waals surface area contributed by atoms with Crippen LogP contribution in [0.3, 0.4) is 0 Å². The summed E-state index contributed by atoms with van der Waals surface area (Å²) in [6, 6.07) is 3.17. The van der Waals surface area contributed by atoms with E-state index in [1.807, 2.05) is 0 Å². The Morgan fingerprint density at radius 1 is 1.50 bits per heavy atom. The van der Waals surface area contributed by atoms with Crippen molar-refractivity contribution in [1.29, 1.82) is 0 Å². The molecule has 30 heavy (non-hydrogen) atoms. The van der Waals surface area contributed by atoms with Gasteiger partial charge in [0.05, 0.1) is 11.9 Å². The van der Waals surface area contributed by atoms with E-state index in [0.29, 0.717) is 16.6 Å². The van der Waals surface area contributed by atoms with Gasteiger partial charge < -0.3 is 15.8 Å². The molecule has 0 aromatic carbocycles. The second-order valence-corrected chi connectivity index (χ2v) is 9.56. The molecule has 1 amide bonds. The number of aromatic nitrogens is 2. The van der Waals surface area contributed by atoms with Gasteiger partial charge in [-0.15, -0.1) is 28.0 Å². The highest BCUT2D eigenvalue weighted by Gasteiger charge is 2.42. The van der Waals surface area contributed by atoms with Gasteiger partial charge in [-0.3, -0.25) is 13.9 Å². The first-order chi connectivity index (χ1) is 14.1. The minimum Gasteiger partial charge on any atom is -0.479 e. The summed E-state index contributed by atoms with van der Waals surface area (Å²) < 4.78 is 27.1. The fourth-order valence-electron chi connectivity index (χ4n) is 2.64. The Kier molecular flexibility index (Phi) is 6.18. The molecule has 3 rings (SSSR count). The number of anilines is 1. The molecule has 0 aliphatic carbocycles. The van der Waals surface area contributed by atoms with E-state index < -0.39 is 22.2 Å². The van der Waals surface area contributed by atoms with Crippen LogP contribution in [-0.2, 0) is 5.54 Å². The highest BCUT2D eigenvalue weighted by molar-refractivity contribution is 8.22.